The van der Waals surface area contributed by atoms with Gasteiger partial charge in [-0.25, -0.2) is 0 Å². The third-order valence-corrected chi connectivity index (χ3v) is 4.16. The quantitative estimate of drug-likeness (QED) is 0.772. The van der Waals surface area contributed by atoms with E-state index in [-0.39, 0.29) is 11.9 Å². The minimum Gasteiger partial charge on any atom is -0.271 e. The molecule has 1 aliphatic heterocycles. The minimum absolute atomic E-state index is 0.0802. The fraction of sp³-hybridized carbons (Fsp3) is 0.294. The summed E-state index contributed by atoms with van der Waals surface area (Å²) in [7, 11) is 0. The Hall–Kier alpha value is -1.87. The van der Waals surface area contributed by atoms with E-state index in [0.29, 0.717) is 17.0 Å². The van der Waals surface area contributed by atoms with Crippen LogP contribution < -0.4 is 4.90 Å². The Morgan fingerprint density at radius 1 is 1.38 bits per heavy atom. The van der Waals surface area contributed by atoms with Crippen LogP contribution in [0.15, 0.2) is 52.0 Å². The van der Waals surface area contributed by atoms with E-state index in [1.807, 2.05) is 43.3 Å². The van der Waals surface area contributed by atoms with Gasteiger partial charge in [0.2, 0.25) is 0 Å². The van der Waals surface area contributed by atoms with Gasteiger partial charge in [-0.1, -0.05) is 29.8 Å². The number of hydrogen-bond donors (Lipinski definition) is 0. The van der Waals surface area contributed by atoms with Gasteiger partial charge < -0.3 is 0 Å². The molecule has 1 heterocycles. The van der Waals surface area contributed by atoms with Crippen molar-refractivity contribution in [3.63, 3.8) is 0 Å². The van der Waals surface area contributed by atoms with Crippen LogP contribution >= 0.6 is 11.6 Å². The topological polar surface area (TPSA) is 32.7 Å². The Kier molecular flexibility index (Phi) is 3.93. The van der Waals surface area contributed by atoms with E-state index in [2.05, 4.69) is 4.99 Å². The SMILES string of the molecule is Cc1cccc(N2C=NC3CCC=CC(Cl)=C(C3)C2=O)c1. The zero-order valence-electron chi connectivity index (χ0n) is 11.9. The van der Waals surface area contributed by atoms with Gasteiger partial charge in [-0.05, 0) is 43.5 Å². The Bertz CT molecular complexity index is 661. The summed E-state index contributed by atoms with van der Waals surface area (Å²) in [6.07, 6.45) is 8.00. The number of amides is 1. The van der Waals surface area contributed by atoms with Crippen LogP contribution in [0.3, 0.4) is 0 Å². The molecule has 0 saturated heterocycles. The molecular formula is C17H17ClN2O. The van der Waals surface area contributed by atoms with Gasteiger partial charge in [-0.15, -0.1) is 0 Å². The van der Waals surface area contributed by atoms with E-state index in [0.717, 1.165) is 24.1 Å². The fourth-order valence-corrected chi connectivity index (χ4v) is 2.90. The summed E-state index contributed by atoms with van der Waals surface area (Å²) in [5.41, 5.74) is 2.58. The molecule has 3 rings (SSSR count). The number of aliphatic imine (C=N–C) groups is 1. The summed E-state index contributed by atoms with van der Waals surface area (Å²) in [4.78, 5) is 19.0. The molecule has 2 aliphatic rings. The molecule has 0 fully saturated rings. The lowest BCUT2D eigenvalue weighted by Gasteiger charge is -2.18. The predicted octanol–water partition coefficient (Wildman–Crippen LogP) is 3.97. The molecule has 1 atom stereocenters. The van der Waals surface area contributed by atoms with E-state index < -0.39 is 0 Å². The van der Waals surface area contributed by atoms with Crippen LogP contribution in [0.5, 0.6) is 0 Å². The van der Waals surface area contributed by atoms with Crippen LogP contribution in [0.4, 0.5) is 5.69 Å². The van der Waals surface area contributed by atoms with Crippen LogP contribution in [-0.2, 0) is 4.79 Å². The molecule has 21 heavy (non-hydrogen) atoms. The van der Waals surface area contributed by atoms with Crippen molar-refractivity contribution in [1.82, 2.24) is 0 Å². The smallest absolute Gasteiger partial charge is 0.261 e. The number of allylic oxidation sites excluding steroid dienone is 3. The molecule has 3 nitrogen and oxygen atoms in total. The van der Waals surface area contributed by atoms with Crippen molar-refractivity contribution >= 4 is 29.5 Å². The molecule has 0 radical (unpaired) electrons. The Balaban J connectivity index is 2.06. The van der Waals surface area contributed by atoms with Gasteiger partial charge in [0.05, 0.1) is 18.1 Å². The van der Waals surface area contributed by atoms with E-state index in [1.165, 1.54) is 0 Å². The number of anilines is 1. The molecule has 0 saturated carbocycles. The fourth-order valence-electron chi connectivity index (χ4n) is 2.65. The van der Waals surface area contributed by atoms with Crippen molar-refractivity contribution in [3.8, 4) is 0 Å². The second-order valence-corrected chi connectivity index (χ2v) is 5.85. The number of carbonyl (C=O) groups excluding carboxylic acids is 1. The third-order valence-electron chi connectivity index (χ3n) is 3.81. The highest BCUT2D eigenvalue weighted by atomic mass is 35.5. The number of benzene rings is 1. The Labute approximate surface area is 129 Å². The minimum atomic E-state index is -0.0802. The zero-order chi connectivity index (χ0) is 14.8. The first-order valence-corrected chi connectivity index (χ1v) is 7.51. The van der Waals surface area contributed by atoms with E-state index in [4.69, 9.17) is 11.6 Å². The zero-order valence-corrected chi connectivity index (χ0v) is 12.7. The van der Waals surface area contributed by atoms with Crippen molar-refractivity contribution in [1.29, 1.82) is 0 Å². The van der Waals surface area contributed by atoms with E-state index >= 15 is 0 Å². The van der Waals surface area contributed by atoms with Gasteiger partial charge in [0.15, 0.2) is 0 Å². The number of rotatable bonds is 1. The molecule has 1 aromatic rings. The van der Waals surface area contributed by atoms with E-state index in [1.54, 1.807) is 11.2 Å². The number of hydrogen-bond acceptors (Lipinski definition) is 2. The summed E-state index contributed by atoms with van der Waals surface area (Å²) in [5.74, 6) is -0.0802. The van der Waals surface area contributed by atoms with Crippen molar-refractivity contribution < 1.29 is 4.79 Å². The van der Waals surface area contributed by atoms with Gasteiger partial charge in [-0.3, -0.25) is 14.7 Å². The molecule has 108 valence electrons. The van der Waals surface area contributed by atoms with Crippen LogP contribution in [0, 0.1) is 6.92 Å². The predicted molar refractivity (Wildman–Crippen MR) is 86.8 cm³/mol. The lowest BCUT2D eigenvalue weighted by molar-refractivity contribution is -0.114. The normalized spacial score (nSPS) is 22.1. The highest BCUT2D eigenvalue weighted by Crippen LogP contribution is 2.29. The second-order valence-electron chi connectivity index (χ2n) is 5.44. The maximum Gasteiger partial charge on any atom is 0.261 e. The molecule has 1 aliphatic carbocycles. The van der Waals surface area contributed by atoms with Gasteiger partial charge >= 0.3 is 0 Å². The molecular weight excluding hydrogens is 284 g/mol. The first kappa shape index (κ1) is 14.1. The van der Waals surface area contributed by atoms with Crippen LogP contribution in [0.1, 0.15) is 24.8 Å². The summed E-state index contributed by atoms with van der Waals surface area (Å²) in [6, 6.07) is 7.96. The molecule has 1 aromatic carbocycles. The Morgan fingerprint density at radius 3 is 3.05 bits per heavy atom. The number of carbonyl (C=O) groups is 1. The molecule has 0 aromatic heterocycles. The summed E-state index contributed by atoms with van der Waals surface area (Å²) in [6.45, 7) is 2.01. The number of halogens is 1. The van der Waals surface area contributed by atoms with Crippen LogP contribution in [0.2, 0.25) is 0 Å². The van der Waals surface area contributed by atoms with Gasteiger partial charge in [0.1, 0.15) is 0 Å². The summed E-state index contributed by atoms with van der Waals surface area (Å²) >= 11 is 6.30. The maximum atomic E-state index is 12.8. The molecule has 0 N–H and O–H groups in total. The molecule has 1 amide bonds. The van der Waals surface area contributed by atoms with Gasteiger partial charge in [-0.2, -0.15) is 0 Å². The molecule has 1 unspecified atom stereocenters. The number of aryl methyl sites for hydroxylation is 1. The van der Waals surface area contributed by atoms with Crippen LogP contribution in [-0.4, -0.2) is 18.3 Å². The van der Waals surface area contributed by atoms with Crippen molar-refractivity contribution in [2.45, 2.75) is 32.2 Å². The lowest BCUT2D eigenvalue weighted by atomic mass is 9.99. The van der Waals surface area contributed by atoms with Crippen molar-refractivity contribution in [3.05, 3.63) is 52.6 Å². The third kappa shape index (κ3) is 2.93. The second kappa shape index (κ2) is 5.86. The largest absolute Gasteiger partial charge is 0.271 e. The highest BCUT2D eigenvalue weighted by Gasteiger charge is 2.27. The first-order chi connectivity index (χ1) is 10.1. The van der Waals surface area contributed by atoms with E-state index in [9.17, 15) is 4.79 Å². The maximum absolute atomic E-state index is 12.8. The number of nitrogens with zero attached hydrogens (tertiary/aromatic N) is 2. The average molecular weight is 301 g/mol. The van der Waals surface area contributed by atoms with Gasteiger partial charge in [0.25, 0.3) is 5.91 Å². The lowest BCUT2D eigenvalue weighted by Crippen LogP contribution is -2.30. The van der Waals surface area contributed by atoms with Crippen molar-refractivity contribution in [2.24, 2.45) is 4.99 Å². The average Bonchev–Trinajstić information content (AvgIpc) is 2.62. The summed E-state index contributed by atoms with van der Waals surface area (Å²) < 4.78 is 0. The molecule has 2 bridgehead atoms. The monoisotopic (exact) mass is 300 g/mol. The Morgan fingerprint density at radius 2 is 2.24 bits per heavy atom. The number of fused-ring (bicyclic) bond motifs is 2. The highest BCUT2D eigenvalue weighted by molar-refractivity contribution is 6.35. The van der Waals surface area contributed by atoms with Gasteiger partial charge in [0, 0.05) is 17.0 Å². The molecule has 0 spiro atoms. The van der Waals surface area contributed by atoms with Crippen LogP contribution in [0.25, 0.3) is 0 Å². The summed E-state index contributed by atoms with van der Waals surface area (Å²) in [5, 5.41) is 0.535. The van der Waals surface area contributed by atoms with Crippen molar-refractivity contribution in [2.75, 3.05) is 4.90 Å². The first-order valence-electron chi connectivity index (χ1n) is 7.14. The molecule has 4 heteroatoms. The standard InChI is InChI=1S/C17H17ClN2O/c1-12-5-4-7-14(9-12)20-11-19-13-6-2-3-8-16(18)15(10-13)17(20)21/h3-5,7-9,11,13H,2,6,10H2,1H3.